The number of benzene rings is 2. The van der Waals surface area contributed by atoms with E-state index in [0.29, 0.717) is 0 Å². The lowest BCUT2D eigenvalue weighted by Gasteiger charge is -2.26. The third-order valence-electron chi connectivity index (χ3n) is 5.98. The van der Waals surface area contributed by atoms with Gasteiger partial charge in [0.2, 0.25) is 17.7 Å². The van der Waals surface area contributed by atoms with Gasteiger partial charge in [0.05, 0.1) is 6.10 Å². The first-order chi connectivity index (χ1) is 18.0. The highest BCUT2D eigenvalue weighted by molar-refractivity contribution is 5.94. The smallest absolute Gasteiger partial charge is 0.326 e. The van der Waals surface area contributed by atoms with Crippen LogP contribution < -0.4 is 21.7 Å². The predicted octanol–water partition coefficient (Wildman–Crippen LogP) is 0.765. The number of carboxylic acids is 1. The van der Waals surface area contributed by atoms with Crippen molar-refractivity contribution in [1.82, 2.24) is 16.0 Å². The molecule has 0 spiro atoms. The Balaban J connectivity index is 2.30. The van der Waals surface area contributed by atoms with Crippen molar-refractivity contribution in [3.63, 3.8) is 0 Å². The number of carbonyl (C=O) groups is 4. The van der Waals surface area contributed by atoms with Gasteiger partial charge in [-0.15, -0.1) is 0 Å². The summed E-state index contributed by atoms with van der Waals surface area (Å²) in [5.74, 6) is -3.17. The highest BCUT2D eigenvalue weighted by atomic mass is 16.4. The third kappa shape index (κ3) is 9.95. The number of aliphatic hydroxyl groups excluding tert-OH is 1. The Kier molecular flexibility index (Phi) is 11.9. The van der Waals surface area contributed by atoms with Crippen LogP contribution in [0, 0.1) is 5.92 Å². The van der Waals surface area contributed by atoms with Crippen molar-refractivity contribution in [2.75, 3.05) is 0 Å². The van der Waals surface area contributed by atoms with Crippen molar-refractivity contribution >= 4 is 23.7 Å². The molecule has 2 aromatic rings. The van der Waals surface area contributed by atoms with Gasteiger partial charge in [0.25, 0.3) is 0 Å². The van der Waals surface area contributed by atoms with Gasteiger partial charge in [-0.3, -0.25) is 14.4 Å². The summed E-state index contributed by atoms with van der Waals surface area (Å²) in [6.07, 6.45) is -0.709. The predicted molar refractivity (Wildman–Crippen MR) is 143 cm³/mol. The molecule has 10 heteroatoms. The molecule has 10 nitrogen and oxygen atoms in total. The Labute approximate surface area is 223 Å². The van der Waals surface area contributed by atoms with E-state index >= 15 is 0 Å². The SMILES string of the molecule is CC(C)CC(NC(=O)C(Cc1ccccc1)NC(=O)C(Cc1ccccc1)NC(=O)C(N)C(C)O)C(=O)O. The number of rotatable bonds is 14. The van der Waals surface area contributed by atoms with Gasteiger partial charge in [0, 0.05) is 12.8 Å². The molecule has 3 amide bonds. The maximum atomic E-state index is 13.5. The first-order valence-electron chi connectivity index (χ1n) is 12.6. The van der Waals surface area contributed by atoms with Gasteiger partial charge in [0.15, 0.2) is 0 Å². The van der Waals surface area contributed by atoms with Gasteiger partial charge < -0.3 is 31.9 Å². The largest absolute Gasteiger partial charge is 0.480 e. The van der Waals surface area contributed by atoms with E-state index < -0.39 is 54.0 Å². The van der Waals surface area contributed by atoms with Crippen molar-refractivity contribution in [1.29, 1.82) is 0 Å². The summed E-state index contributed by atoms with van der Waals surface area (Å²) in [5, 5.41) is 27.1. The molecule has 0 radical (unpaired) electrons. The Morgan fingerprint density at radius 2 is 1.11 bits per heavy atom. The van der Waals surface area contributed by atoms with E-state index in [1.807, 2.05) is 26.0 Å². The molecule has 0 aromatic heterocycles. The van der Waals surface area contributed by atoms with Crippen LogP contribution in [0.5, 0.6) is 0 Å². The second-order valence-electron chi connectivity index (χ2n) is 9.80. The molecular weight excluding hydrogens is 488 g/mol. The molecule has 0 saturated heterocycles. The number of amides is 3. The van der Waals surface area contributed by atoms with E-state index in [2.05, 4.69) is 16.0 Å². The van der Waals surface area contributed by atoms with E-state index in [1.54, 1.807) is 48.5 Å². The molecule has 206 valence electrons. The molecule has 0 heterocycles. The van der Waals surface area contributed by atoms with Crippen LogP contribution in [0.25, 0.3) is 0 Å². The van der Waals surface area contributed by atoms with Gasteiger partial charge in [-0.05, 0) is 30.4 Å². The van der Waals surface area contributed by atoms with Gasteiger partial charge in [-0.25, -0.2) is 4.79 Å². The molecule has 0 bridgehead atoms. The van der Waals surface area contributed by atoms with Crippen LogP contribution in [0.4, 0.5) is 0 Å². The standard InChI is InChI=1S/C28H38N4O6/c1-17(2)14-23(28(37)38)32-26(35)21(15-19-10-6-4-7-11-19)30-25(34)22(16-20-12-8-5-9-13-20)31-27(36)24(29)18(3)33/h4-13,17-18,21-24,33H,14-16,29H2,1-3H3,(H,30,34)(H,31,36)(H,32,35)(H,37,38). The summed E-state index contributed by atoms with van der Waals surface area (Å²) >= 11 is 0. The zero-order valence-corrected chi connectivity index (χ0v) is 22.0. The molecule has 5 unspecified atom stereocenters. The number of nitrogens with two attached hydrogens (primary N) is 1. The normalized spacial score (nSPS) is 15.0. The molecular formula is C28H38N4O6. The molecule has 2 aromatic carbocycles. The Bertz CT molecular complexity index is 1060. The molecule has 0 aliphatic heterocycles. The summed E-state index contributed by atoms with van der Waals surface area (Å²) < 4.78 is 0. The minimum Gasteiger partial charge on any atom is -0.480 e. The fourth-order valence-corrected chi connectivity index (χ4v) is 3.84. The fraction of sp³-hybridized carbons (Fsp3) is 0.429. The van der Waals surface area contributed by atoms with Crippen LogP contribution in [0.2, 0.25) is 0 Å². The van der Waals surface area contributed by atoms with Crippen LogP contribution >= 0.6 is 0 Å². The average Bonchev–Trinajstić information content (AvgIpc) is 2.87. The number of carboxylic acid groups (broad SMARTS) is 1. The zero-order valence-electron chi connectivity index (χ0n) is 22.0. The maximum Gasteiger partial charge on any atom is 0.326 e. The van der Waals surface area contributed by atoms with Gasteiger partial charge in [-0.1, -0.05) is 74.5 Å². The quantitative estimate of drug-likeness (QED) is 0.211. The summed E-state index contributed by atoms with van der Waals surface area (Å²) in [6.45, 7) is 5.06. The van der Waals surface area contributed by atoms with Gasteiger partial charge >= 0.3 is 5.97 Å². The Hall–Kier alpha value is -3.76. The lowest BCUT2D eigenvalue weighted by atomic mass is 10.0. The number of carbonyl (C=O) groups excluding carboxylic acids is 3. The first kappa shape index (κ1) is 30.5. The van der Waals surface area contributed by atoms with Crippen LogP contribution in [0.1, 0.15) is 38.3 Å². The van der Waals surface area contributed by atoms with Crippen molar-refractivity contribution in [3.05, 3.63) is 71.8 Å². The molecule has 0 fully saturated rings. The van der Waals surface area contributed by atoms with E-state index in [-0.39, 0.29) is 25.2 Å². The molecule has 5 atom stereocenters. The number of hydrogen-bond acceptors (Lipinski definition) is 6. The van der Waals surface area contributed by atoms with Crippen molar-refractivity contribution in [2.24, 2.45) is 11.7 Å². The van der Waals surface area contributed by atoms with Gasteiger partial charge in [0.1, 0.15) is 24.2 Å². The molecule has 38 heavy (non-hydrogen) atoms. The summed E-state index contributed by atoms with van der Waals surface area (Å²) in [5.41, 5.74) is 7.27. The van der Waals surface area contributed by atoms with Crippen LogP contribution in [0.15, 0.2) is 60.7 Å². The number of hydrogen-bond donors (Lipinski definition) is 6. The van der Waals surface area contributed by atoms with Crippen molar-refractivity contribution < 1.29 is 29.4 Å². The fourth-order valence-electron chi connectivity index (χ4n) is 3.84. The Morgan fingerprint density at radius 3 is 1.47 bits per heavy atom. The lowest BCUT2D eigenvalue weighted by molar-refractivity contribution is -0.142. The molecule has 0 aliphatic rings. The summed E-state index contributed by atoms with van der Waals surface area (Å²) in [4.78, 5) is 51.0. The van der Waals surface area contributed by atoms with E-state index in [4.69, 9.17) is 5.73 Å². The van der Waals surface area contributed by atoms with Crippen molar-refractivity contribution in [2.45, 2.75) is 70.3 Å². The molecule has 2 rings (SSSR count). The zero-order chi connectivity index (χ0) is 28.2. The average molecular weight is 527 g/mol. The van der Waals surface area contributed by atoms with E-state index in [9.17, 15) is 29.4 Å². The molecule has 0 saturated carbocycles. The number of aliphatic carboxylic acids is 1. The first-order valence-corrected chi connectivity index (χ1v) is 12.6. The van der Waals surface area contributed by atoms with Gasteiger partial charge in [-0.2, -0.15) is 0 Å². The highest BCUT2D eigenvalue weighted by Crippen LogP contribution is 2.10. The molecule has 0 aliphatic carbocycles. The maximum absolute atomic E-state index is 13.5. The summed E-state index contributed by atoms with van der Waals surface area (Å²) in [6, 6.07) is 13.4. The second kappa shape index (κ2) is 14.8. The van der Waals surface area contributed by atoms with E-state index in [0.717, 1.165) is 11.1 Å². The number of aliphatic hydroxyl groups is 1. The topological polar surface area (TPSA) is 171 Å². The van der Waals surface area contributed by atoms with Crippen LogP contribution in [0.3, 0.4) is 0 Å². The number of nitrogens with one attached hydrogen (secondary N) is 3. The van der Waals surface area contributed by atoms with E-state index in [1.165, 1.54) is 6.92 Å². The second-order valence-corrected chi connectivity index (χ2v) is 9.80. The minimum absolute atomic E-state index is 0.0159. The third-order valence-corrected chi connectivity index (χ3v) is 5.98. The highest BCUT2D eigenvalue weighted by Gasteiger charge is 2.31. The van der Waals surface area contributed by atoms with Crippen LogP contribution in [-0.2, 0) is 32.0 Å². The Morgan fingerprint density at radius 1 is 0.711 bits per heavy atom. The minimum atomic E-state index is -1.25. The monoisotopic (exact) mass is 526 g/mol. The van der Waals surface area contributed by atoms with Crippen molar-refractivity contribution in [3.8, 4) is 0 Å². The molecule has 7 N–H and O–H groups in total. The van der Waals surface area contributed by atoms with Crippen LogP contribution in [-0.4, -0.2) is 64.2 Å². The lowest BCUT2D eigenvalue weighted by Crippen LogP contribution is -2.59. The summed E-state index contributed by atoms with van der Waals surface area (Å²) in [7, 11) is 0.